The van der Waals surface area contributed by atoms with Crippen molar-refractivity contribution in [3.05, 3.63) is 69.8 Å². The summed E-state index contributed by atoms with van der Waals surface area (Å²) in [6.07, 6.45) is 2.56. The first-order chi connectivity index (χ1) is 12.2. The van der Waals surface area contributed by atoms with Gasteiger partial charge >= 0.3 is 0 Å². The van der Waals surface area contributed by atoms with Crippen molar-refractivity contribution in [2.75, 3.05) is 16.8 Å². The van der Waals surface area contributed by atoms with E-state index in [-0.39, 0.29) is 0 Å². The Morgan fingerprint density at radius 1 is 1.00 bits per heavy atom. The molecular weight excluding hydrogens is 357 g/mol. The summed E-state index contributed by atoms with van der Waals surface area (Å²) in [4.78, 5) is 6.72. The van der Waals surface area contributed by atoms with Crippen LogP contribution >= 0.6 is 23.2 Å². The zero-order valence-corrected chi connectivity index (χ0v) is 14.8. The molecule has 0 atom stereocenters. The van der Waals surface area contributed by atoms with Gasteiger partial charge in [0.05, 0.1) is 16.2 Å². The van der Waals surface area contributed by atoms with Gasteiger partial charge in [0, 0.05) is 18.8 Å². The molecule has 3 aromatic rings. The number of benzene rings is 2. The van der Waals surface area contributed by atoms with Gasteiger partial charge in [0.1, 0.15) is 0 Å². The molecule has 0 fully saturated rings. The van der Waals surface area contributed by atoms with E-state index in [2.05, 4.69) is 49.7 Å². The molecule has 2 heterocycles. The maximum atomic E-state index is 6.05. The third-order valence-corrected chi connectivity index (χ3v) is 4.89. The lowest BCUT2D eigenvalue weighted by Gasteiger charge is -2.28. The average molecular weight is 372 g/mol. The van der Waals surface area contributed by atoms with Crippen LogP contribution in [-0.4, -0.2) is 21.7 Å². The number of nitrogens with zero attached hydrogens (tertiary/aromatic N) is 4. The van der Waals surface area contributed by atoms with Gasteiger partial charge in [0.25, 0.3) is 0 Å². The van der Waals surface area contributed by atoms with Crippen molar-refractivity contribution in [2.45, 2.75) is 13.0 Å². The summed E-state index contributed by atoms with van der Waals surface area (Å²) in [5, 5.41) is 12.5. The average Bonchev–Trinajstić information content (AvgIpc) is 2.65. The van der Waals surface area contributed by atoms with Crippen LogP contribution in [0.3, 0.4) is 0 Å². The predicted molar refractivity (Wildman–Crippen MR) is 101 cm³/mol. The van der Waals surface area contributed by atoms with Crippen LogP contribution in [0.5, 0.6) is 0 Å². The molecule has 25 heavy (non-hydrogen) atoms. The molecule has 5 nitrogen and oxygen atoms in total. The van der Waals surface area contributed by atoms with Crippen LogP contribution in [0.1, 0.15) is 11.1 Å². The number of hydrogen-bond acceptors (Lipinski definition) is 5. The third kappa shape index (κ3) is 3.52. The lowest BCUT2D eigenvalue weighted by Crippen LogP contribution is -2.32. The minimum Gasteiger partial charge on any atom is -0.339 e. The van der Waals surface area contributed by atoms with Crippen molar-refractivity contribution in [1.82, 2.24) is 15.2 Å². The molecule has 0 spiro atoms. The van der Waals surface area contributed by atoms with E-state index in [1.165, 1.54) is 11.1 Å². The number of hydrogen-bond donors (Lipinski definition) is 1. The molecule has 1 aliphatic heterocycles. The zero-order valence-electron chi connectivity index (χ0n) is 13.3. The van der Waals surface area contributed by atoms with Gasteiger partial charge in [-0.2, -0.15) is 10.1 Å². The highest BCUT2D eigenvalue weighted by Crippen LogP contribution is 2.27. The quantitative estimate of drug-likeness (QED) is 0.735. The van der Waals surface area contributed by atoms with Gasteiger partial charge in [-0.05, 0) is 35.7 Å². The molecule has 2 aromatic carbocycles. The Bertz CT molecular complexity index is 915. The second-order valence-corrected chi connectivity index (χ2v) is 6.65. The SMILES string of the molecule is Clc1ccc(Nc2cnnc(N3CCc4ccccc4C3)n2)cc1Cl. The number of rotatable bonds is 3. The number of aromatic nitrogens is 3. The molecule has 0 saturated heterocycles. The molecular formula is C18H15Cl2N5. The maximum absolute atomic E-state index is 6.05. The van der Waals surface area contributed by atoms with Crippen LogP contribution in [0.25, 0.3) is 0 Å². The van der Waals surface area contributed by atoms with Crippen LogP contribution in [0, 0.1) is 0 Å². The highest BCUT2D eigenvalue weighted by molar-refractivity contribution is 6.42. The molecule has 1 aromatic heterocycles. The van der Waals surface area contributed by atoms with Gasteiger partial charge in [0.2, 0.25) is 5.95 Å². The van der Waals surface area contributed by atoms with Crippen molar-refractivity contribution in [1.29, 1.82) is 0 Å². The Morgan fingerprint density at radius 3 is 2.68 bits per heavy atom. The van der Waals surface area contributed by atoms with Gasteiger partial charge in [-0.3, -0.25) is 0 Å². The van der Waals surface area contributed by atoms with E-state index in [4.69, 9.17) is 23.2 Å². The first-order valence-electron chi connectivity index (χ1n) is 7.92. The fourth-order valence-electron chi connectivity index (χ4n) is 2.88. The van der Waals surface area contributed by atoms with E-state index in [1.807, 2.05) is 6.07 Å². The molecule has 4 rings (SSSR count). The molecule has 1 N–H and O–H groups in total. The van der Waals surface area contributed by atoms with E-state index < -0.39 is 0 Å². The summed E-state index contributed by atoms with van der Waals surface area (Å²) in [6, 6.07) is 13.8. The minimum absolute atomic E-state index is 0.488. The molecule has 0 unspecified atom stereocenters. The van der Waals surface area contributed by atoms with Crippen LogP contribution in [0.15, 0.2) is 48.7 Å². The van der Waals surface area contributed by atoms with Gasteiger partial charge in [-0.25, -0.2) is 0 Å². The fraction of sp³-hybridized carbons (Fsp3) is 0.167. The van der Waals surface area contributed by atoms with E-state index in [1.54, 1.807) is 18.3 Å². The maximum Gasteiger partial charge on any atom is 0.247 e. The smallest absolute Gasteiger partial charge is 0.247 e. The number of anilines is 3. The highest BCUT2D eigenvalue weighted by Gasteiger charge is 2.18. The fourth-order valence-corrected chi connectivity index (χ4v) is 3.17. The first kappa shape index (κ1) is 16.1. The van der Waals surface area contributed by atoms with Crippen molar-refractivity contribution in [3.63, 3.8) is 0 Å². The Kier molecular flexibility index (Phi) is 4.42. The second kappa shape index (κ2) is 6.86. The van der Waals surface area contributed by atoms with E-state index >= 15 is 0 Å². The van der Waals surface area contributed by atoms with Gasteiger partial charge in [-0.15, -0.1) is 5.10 Å². The standard InChI is InChI=1S/C18H15Cl2N5/c19-15-6-5-14(9-16(15)20)22-17-10-21-24-18(23-17)25-8-7-12-3-1-2-4-13(12)11-25/h1-6,9-10H,7-8,11H2,(H,22,23,24). The van der Waals surface area contributed by atoms with Gasteiger partial charge < -0.3 is 10.2 Å². The Labute approximate surface area is 155 Å². The summed E-state index contributed by atoms with van der Waals surface area (Å²) in [6.45, 7) is 1.66. The third-order valence-electron chi connectivity index (χ3n) is 4.15. The Hall–Kier alpha value is -2.37. The van der Waals surface area contributed by atoms with Gasteiger partial charge in [0.15, 0.2) is 5.82 Å². The van der Waals surface area contributed by atoms with Crippen LogP contribution < -0.4 is 10.2 Å². The van der Waals surface area contributed by atoms with E-state index in [0.29, 0.717) is 21.8 Å². The monoisotopic (exact) mass is 371 g/mol. The summed E-state index contributed by atoms with van der Waals surface area (Å²) >= 11 is 12.0. The van der Waals surface area contributed by atoms with E-state index in [9.17, 15) is 0 Å². The molecule has 0 bridgehead atoms. The Balaban J connectivity index is 1.55. The van der Waals surface area contributed by atoms with Crippen molar-refractivity contribution >= 4 is 40.7 Å². The first-order valence-corrected chi connectivity index (χ1v) is 8.68. The van der Waals surface area contributed by atoms with Crippen molar-refractivity contribution in [3.8, 4) is 0 Å². The van der Waals surface area contributed by atoms with Crippen LogP contribution in [-0.2, 0) is 13.0 Å². The van der Waals surface area contributed by atoms with Crippen molar-refractivity contribution < 1.29 is 0 Å². The van der Waals surface area contributed by atoms with Crippen LogP contribution in [0.4, 0.5) is 17.5 Å². The number of fused-ring (bicyclic) bond motifs is 1. The Morgan fingerprint density at radius 2 is 1.84 bits per heavy atom. The zero-order chi connectivity index (χ0) is 17.2. The van der Waals surface area contributed by atoms with E-state index in [0.717, 1.165) is 25.2 Å². The molecule has 0 amide bonds. The largest absolute Gasteiger partial charge is 0.339 e. The summed E-state index contributed by atoms with van der Waals surface area (Å²) < 4.78 is 0. The number of halogens is 2. The highest BCUT2D eigenvalue weighted by atomic mass is 35.5. The second-order valence-electron chi connectivity index (χ2n) is 5.84. The summed E-state index contributed by atoms with van der Waals surface area (Å²) in [5.41, 5.74) is 3.49. The molecule has 0 radical (unpaired) electrons. The molecule has 0 saturated carbocycles. The normalized spacial score (nSPS) is 13.4. The molecule has 1 aliphatic rings. The molecule has 7 heteroatoms. The topological polar surface area (TPSA) is 53.9 Å². The lowest BCUT2D eigenvalue weighted by atomic mass is 10.0. The number of nitrogens with one attached hydrogen (secondary N) is 1. The molecule has 0 aliphatic carbocycles. The predicted octanol–water partition coefficient (Wildman–Crippen LogP) is 4.48. The molecule has 126 valence electrons. The summed E-state index contributed by atoms with van der Waals surface area (Å²) in [5.74, 6) is 1.22. The van der Waals surface area contributed by atoms with Gasteiger partial charge in [-0.1, -0.05) is 47.5 Å². The van der Waals surface area contributed by atoms with Crippen molar-refractivity contribution in [2.24, 2.45) is 0 Å². The minimum atomic E-state index is 0.488. The summed E-state index contributed by atoms with van der Waals surface area (Å²) in [7, 11) is 0. The van der Waals surface area contributed by atoms with Crippen LogP contribution in [0.2, 0.25) is 10.0 Å². The lowest BCUT2D eigenvalue weighted by molar-refractivity contribution is 0.698.